The molecule has 1 heterocycles. The van der Waals surface area contributed by atoms with E-state index in [1.807, 2.05) is 35.2 Å². The van der Waals surface area contributed by atoms with Gasteiger partial charge in [-0.05, 0) is 30.4 Å². The van der Waals surface area contributed by atoms with Crippen molar-refractivity contribution in [1.29, 1.82) is 0 Å². The van der Waals surface area contributed by atoms with E-state index in [9.17, 15) is 9.59 Å². The Labute approximate surface area is 149 Å². The average molecular weight is 347 g/mol. The number of rotatable bonds is 7. The van der Waals surface area contributed by atoms with Gasteiger partial charge in [0.15, 0.2) is 0 Å². The summed E-state index contributed by atoms with van der Waals surface area (Å²) in [5.74, 6) is 0.749. The smallest absolute Gasteiger partial charge is 0.321 e. The molecule has 2 rings (SSSR count). The molecule has 1 aromatic rings. The lowest BCUT2D eigenvalue weighted by Crippen LogP contribution is -2.46. The monoisotopic (exact) mass is 347 g/mol. The van der Waals surface area contributed by atoms with E-state index < -0.39 is 0 Å². The zero-order valence-electron chi connectivity index (χ0n) is 15.2. The van der Waals surface area contributed by atoms with Gasteiger partial charge in [0.05, 0.1) is 6.61 Å². The molecule has 3 amide bonds. The Morgan fingerprint density at radius 1 is 1.24 bits per heavy atom. The van der Waals surface area contributed by atoms with E-state index in [4.69, 9.17) is 4.74 Å². The maximum absolute atomic E-state index is 12.5. The van der Waals surface area contributed by atoms with E-state index in [1.54, 1.807) is 7.11 Å². The van der Waals surface area contributed by atoms with E-state index in [0.29, 0.717) is 44.5 Å². The van der Waals surface area contributed by atoms with Crippen molar-refractivity contribution in [3.05, 3.63) is 30.3 Å². The summed E-state index contributed by atoms with van der Waals surface area (Å²) in [7, 11) is 1.62. The molecule has 25 heavy (non-hydrogen) atoms. The molecule has 138 valence electrons. The van der Waals surface area contributed by atoms with Gasteiger partial charge >= 0.3 is 6.03 Å². The molecule has 0 saturated carbocycles. The van der Waals surface area contributed by atoms with Crippen LogP contribution >= 0.6 is 0 Å². The number of nitrogens with one attached hydrogen (secondary N) is 2. The molecule has 0 aliphatic carbocycles. The van der Waals surface area contributed by atoms with Crippen molar-refractivity contribution in [2.24, 2.45) is 11.8 Å². The van der Waals surface area contributed by atoms with E-state index in [-0.39, 0.29) is 11.9 Å². The fourth-order valence-electron chi connectivity index (χ4n) is 3.32. The number of para-hydroxylation sites is 1. The zero-order chi connectivity index (χ0) is 18.1. The highest BCUT2D eigenvalue weighted by Crippen LogP contribution is 2.29. The van der Waals surface area contributed by atoms with Gasteiger partial charge in [-0.15, -0.1) is 0 Å². The zero-order valence-corrected chi connectivity index (χ0v) is 15.2. The predicted molar refractivity (Wildman–Crippen MR) is 98.4 cm³/mol. The second kappa shape index (κ2) is 10.0. The average Bonchev–Trinajstić information content (AvgIpc) is 2.63. The summed E-state index contributed by atoms with van der Waals surface area (Å²) in [5, 5.41) is 5.83. The highest BCUT2D eigenvalue weighted by atomic mass is 16.5. The van der Waals surface area contributed by atoms with Crippen LogP contribution in [0.15, 0.2) is 30.3 Å². The molecule has 1 aromatic carbocycles. The lowest BCUT2D eigenvalue weighted by Gasteiger charge is -2.38. The van der Waals surface area contributed by atoms with Crippen molar-refractivity contribution >= 4 is 17.6 Å². The summed E-state index contributed by atoms with van der Waals surface area (Å²) >= 11 is 0. The summed E-state index contributed by atoms with van der Waals surface area (Å²) in [4.78, 5) is 26.4. The Morgan fingerprint density at radius 2 is 2.00 bits per heavy atom. The first kappa shape index (κ1) is 19.2. The first-order valence-electron chi connectivity index (χ1n) is 9.00. The quantitative estimate of drug-likeness (QED) is 0.745. The van der Waals surface area contributed by atoms with E-state index >= 15 is 0 Å². The number of hydrogen-bond donors (Lipinski definition) is 2. The number of urea groups is 1. The van der Waals surface area contributed by atoms with Crippen molar-refractivity contribution in [1.82, 2.24) is 10.2 Å². The fraction of sp³-hybridized carbons (Fsp3) is 0.579. The maximum atomic E-state index is 12.5. The van der Waals surface area contributed by atoms with Crippen molar-refractivity contribution in [2.75, 3.05) is 38.7 Å². The molecule has 2 N–H and O–H groups in total. The van der Waals surface area contributed by atoms with E-state index in [2.05, 4.69) is 17.6 Å². The van der Waals surface area contributed by atoms with Crippen LogP contribution in [-0.2, 0) is 9.53 Å². The number of methoxy groups -OCH3 is 1. The third-order valence-corrected chi connectivity index (χ3v) is 4.80. The van der Waals surface area contributed by atoms with Gasteiger partial charge in [0, 0.05) is 38.9 Å². The number of amides is 3. The number of nitrogens with zero attached hydrogens (tertiary/aromatic N) is 1. The van der Waals surface area contributed by atoms with Crippen LogP contribution in [0.2, 0.25) is 0 Å². The third-order valence-electron chi connectivity index (χ3n) is 4.80. The minimum atomic E-state index is -0.0624. The Hall–Kier alpha value is -2.08. The van der Waals surface area contributed by atoms with Crippen LogP contribution in [-0.4, -0.2) is 50.2 Å². The van der Waals surface area contributed by atoms with Gasteiger partial charge in [-0.25, -0.2) is 4.79 Å². The van der Waals surface area contributed by atoms with Crippen molar-refractivity contribution in [3.8, 4) is 0 Å². The van der Waals surface area contributed by atoms with Crippen LogP contribution in [0.3, 0.4) is 0 Å². The maximum Gasteiger partial charge on any atom is 0.321 e. The molecular weight excluding hydrogens is 318 g/mol. The minimum absolute atomic E-state index is 0.0624. The molecule has 1 fully saturated rings. The van der Waals surface area contributed by atoms with Crippen LogP contribution in [0, 0.1) is 11.8 Å². The topological polar surface area (TPSA) is 70.7 Å². The SMILES string of the molecule is CC[C@H]1CN(C(=O)Nc2ccccc2)CC[C@H]1CC(=O)NCCOC. The largest absolute Gasteiger partial charge is 0.383 e. The molecule has 1 aliphatic rings. The molecule has 0 aromatic heterocycles. The number of hydrogen-bond acceptors (Lipinski definition) is 3. The van der Waals surface area contributed by atoms with Gasteiger partial charge in [-0.2, -0.15) is 0 Å². The van der Waals surface area contributed by atoms with Crippen molar-refractivity contribution in [3.63, 3.8) is 0 Å². The molecule has 1 saturated heterocycles. The summed E-state index contributed by atoms with van der Waals surface area (Å²) < 4.78 is 4.95. The number of piperidine rings is 1. The second-order valence-electron chi connectivity index (χ2n) is 6.51. The van der Waals surface area contributed by atoms with Gasteiger partial charge < -0.3 is 20.3 Å². The number of carbonyl (C=O) groups is 2. The number of likely N-dealkylation sites (tertiary alicyclic amines) is 1. The molecule has 0 bridgehead atoms. The second-order valence-corrected chi connectivity index (χ2v) is 6.51. The minimum Gasteiger partial charge on any atom is -0.383 e. The summed E-state index contributed by atoms with van der Waals surface area (Å²) in [6.07, 6.45) is 2.35. The molecule has 0 unspecified atom stereocenters. The van der Waals surface area contributed by atoms with Gasteiger partial charge in [-0.3, -0.25) is 4.79 Å². The molecule has 1 aliphatic heterocycles. The van der Waals surface area contributed by atoms with Crippen LogP contribution in [0.1, 0.15) is 26.2 Å². The summed E-state index contributed by atoms with van der Waals surface area (Å²) in [6.45, 7) is 4.58. The molecule has 6 heteroatoms. The number of benzene rings is 1. The molecule has 2 atom stereocenters. The Bertz CT molecular complexity index is 550. The first-order chi connectivity index (χ1) is 12.1. The standard InChI is InChI=1S/C19H29N3O3/c1-3-15-14-22(19(24)21-17-7-5-4-6-8-17)11-9-16(15)13-18(23)20-10-12-25-2/h4-8,15-16H,3,9-14H2,1-2H3,(H,20,23)(H,21,24)/t15-,16-/m0/s1. The van der Waals surface area contributed by atoms with Gasteiger partial charge in [-0.1, -0.05) is 31.5 Å². The molecule has 6 nitrogen and oxygen atoms in total. The fourth-order valence-corrected chi connectivity index (χ4v) is 3.32. The van der Waals surface area contributed by atoms with E-state index in [1.165, 1.54) is 0 Å². The Morgan fingerprint density at radius 3 is 2.68 bits per heavy atom. The first-order valence-corrected chi connectivity index (χ1v) is 9.00. The third kappa shape index (κ3) is 6.05. The summed E-state index contributed by atoms with van der Waals surface area (Å²) in [6, 6.07) is 9.43. The van der Waals surface area contributed by atoms with Crippen LogP contribution < -0.4 is 10.6 Å². The van der Waals surface area contributed by atoms with Gasteiger partial charge in [0.1, 0.15) is 0 Å². The highest BCUT2D eigenvalue weighted by molar-refractivity contribution is 5.89. The molecular formula is C19H29N3O3. The number of anilines is 1. The van der Waals surface area contributed by atoms with Gasteiger partial charge in [0.2, 0.25) is 5.91 Å². The highest BCUT2D eigenvalue weighted by Gasteiger charge is 2.31. The van der Waals surface area contributed by atoms with Crippen LogP contribution in [0.4, 0.5) is 10.5 Å². The van der Waals surface area contributed by atoms with E-state index in [0.717, 1.165) is 18.5 Å². The van der Waals surface area contributed by atoms with Crippen molar-refractivity contribution < 1.29 is 14.3 Å². The molecule has 0 spiro atoms. The lowest BCUT2D eigenvalue weighted by atomic mass is 9.81. The van der Waals surface area contributed by atoms with Crippen molar-refractivity contribution in [2.45, 2.75) is 26.2 Å². The molecule has 0 radical (unpaired) electrons. The van der Waals surface area contributed by atoms with Crippen LogP contribution in [0.5, 0.6) is 0 Å². The van der Waals surface area contributed by atoms with Gasteiger partial charge in [0.25, 0.3) is 0 Å². The Balaban J connectivity index is 1.83. The summed E-state index contributed by atoms with van der Waals surface area (Å²) in [5.41, 5.74) is 0.806. The normalized spacial score (nSPS) is 20.2. The van der Waals surface area contributed by atoms with Crippen LogP contribution in [0.25, 0.3) is 0 Å². The Kier molecular flexibility index (Phi) is 7.73. The lowest BCUT2D eigenvalue weighted by molar-refractivity contribution is -0.123. The number of carbonyl (C=O) groups excluding carboxylic acids is 2. The number of ether oxygens (including phenoxy) is 1. The predicted octanol–water partition coefficient (Wildman–Crippen LogP) is 2.72.